The van der Waals surface area contributed by atoms with E-state index in [1.165, 1.54) is 5.56 Å². The van der Waals surface area contributed by atoms with Crippen LogP contribution in [-0.2, 0) is 6.54 Å². The third kappa shape index (κ3) is 2.64. The predicted octanol–water partition coefficient (Wildman–Crippen LogP) is 3.42. The van der Waals surface area contributed by atoms with Gasteiger partial charge in [0.2, 0.25) is 0 Å². The Balaban J connectivity index is 1.86. The summed E-state index contributed by atoms with van der Waals surface area (Å²) in [5.74, 6) is 0.865. The average Bonchev–Trinajstić information content (AvgIpc) is 2.88. The maximum Gasteiger partial charge on any atom is 0.251 e. The van der Waals surface area contributed by atoms with E-state index < -0.39 is 0 Å². The van der Waals surface area contributed by atoms with Gasteiger partial charge in [-0.2, -0.15) is 0 Å². The van der Waals surface area contributed by atoms with Gasteiger partial charge >= 0.3 is 0 Å². The van der Waals surface area contributed by atoms with Gasteiger partial charge in [-0.25, -0.2) is 0 Å². The zero-order chi connectivity index (χ0) is 15.7. The van der Waals surface area contributed by atoms with Gasteiger partial charge in [-0.1, -0.05) is 23.8 Å². The van der Waals surface area contributed by atoms with Gasteiger partial charge in [0.05, 0.1) is 13.2 Å². The highest BCUT2D eigenvalue weighted by Gasteiger charge is 2.19. The zero-order valence-corrected chi connectivity index (χ0v) is 13.1. The minimum Gasteiger partial charge on any atom is -0.496 e. The summed E-state index contributed by atoms with van der Waals surface area (Å²) in [7, 11) is 1.68. The zero-order valence-electron chi connectivity index (χ0n) is 13.1. The van der Waals surface area contributed by atoms with E-state index in [4.69, 9.17) is 4.74 Å². The van der Waals surface area contributed by atoms with Crippen LogP contribution in [0.1, 0.15) is 40.0 Å². The molecule has 22 heavy (non-hydrogen) atoms. The summed E-state index contributed by atoms with van der Waals surface area (Å²) in [5.41, 5.74) is 5.04. The molecule has 4 heteroatoms. The van der Waals surface area contributed by atoms with E-state index in [1.54, 1.807) is 7.11 Å². The first-order chi connectivity index (χ1) is 10.6. The number of carbonyl (C=O) groups is 1. The number of ether oxygens (including phenoxy) is 1. The van der Waals surface area contributed by atoms with Crippen molar-refractivity contribution >= 4 is 11.6 Å². The maximum atomic E-state index is 11.8. The number of carbonyl (C=O) groups excluding carboxylic acids is 1. The molecule has 0 aliphatic carbocycles. The lowest BCUT2D eigenvalue weighted by Gasteiger charge is -2.19. The van der Waals surface area contributed by atoms with Crippen molar-refractivity contribution < 1.29 is 9.53 Å². The molecule has 1 heterocycles. The van der Waals surface area contributed by atoms with Crippen LogP contribution in [0.3, 0.4) is 0 Å². The Morgan fingerprint density at radius 3 is 2.82 bits per heavy atom. The second kappa shape index (κ2) is 5.72. The summed E-state index contributed by atoms with van der Waals surface area (Å²) < 4.78 is 5.45. The van der Waals surface area contributed by atoms with Crippen LogP contribution in [-0.4, -0.2) is 13.0 Å². The van der Waals surface area contributed by atoms with Crippen molar-refractivity contribution in [3.63, 3.8) is 0 Å². The summed E-state index contributed by atoms with van der Waals surface area (Å²) in [6, 6.07) is 12.1. The normalized spacial score (nSPS) is 14.2. The number of amides is 1. The molecule has 2 aromatic rings. The van der Waals surface area contributed by atoms with E-state index in [9.17, 15) is 4.79 Å². The SMILES string of the molecule is COc1ccc(C)cc1C(C)Nc1ccc2c(c1)C(=O)NC2. The third-order valence-electron chi connectivity index (χ3n) is 4.03. The molecule has 0 fully saturated rings. The number of hydrogen-bond donors (Lipinski definition) is 2. The Hall–Kier alpha value is -2.49. The van der Waals surface area contributed by atoms with Crippen molar-refractivity contribution in [2.75, 3.05) is 12.4 Å². The van der Waals surface area contributed by atoms with Gasteiger partial charge < -0.3 is 15.4 Å². The predicted molar refractivity (Wildman–Crippen MR) is 87.4 cm³/mol. The van der Waals surface area contributed by atoms with Crippen LogP contribution in [0.25, 0.3) is 0 Å². The molecule has 1 aliphatic heterocycles. The molecule has 1 amide bonds. The maximum absolute atomic E-state index is 11.8. The Morgan fingerprint density at radius 2 is 2.05 bits per heavy atom. The second-order valence-corrected chi connectivity index (χ2v) is 5.67. The Morgan fingerprint density at radius 1 is 1.23 bits per heavy atom. The second-order valence-electron chi connectivity index (χ2n) is 5.67. The molecule has 0 saturated carbocycles. The van der Waals surface area contributed by atoms with Gasteiger partial charge in [0, 0.05) is 23.4 Å². The van der Waals surface area contributed by atoms with E-state index in [0.717, 1.165) is 28.1 Å². The van der Waals surface area contributed by atoms with Crippen LogP contribution < -0.4 is 15.4 Å². The van der Waals surface area contributed by atoms with E-state index in [2.05, 4.69) is 30.5 Å². The fourth-order valence-corrected chi connectivity index (χ4v) is 2.82. The van der Waals surface area contributed by atoms with Gasteiger partial charge in [-0.15, -0.1) is 0 Å². The Bertz CT molecular complexity index is 725. The van der Waals surface area contributed by atoms with Crippen molar-refractivity contribution in [1.82, 2.24) is 5.32 Å². The number of aryl methyl sites for hydroxylation is 1. The molecular formula is C18H20N2O2. The number of methoxy groups -OCH3 is 1. The van der Waals surface area contributed by atoms with E-state index in [-0.39, 0.29) is 11.9 Å². The Labute approximate surface area is 130 Å². The highest BCUT2D eigenvalue weighted by Crippen LogP contribution is 2.29. The van der Waals surface area contributed by atoms with Crippen molar-refractivity contribution in [3.8, 4) is 5.75 Å². The largest absolute Gasteiger partial charge is 0.496 e. The summed E-state index contributed by atoms with van der Waals surface area (Å²) in [6.07, 6.45) is 0. The van der Waals surface area contributed by atoms with Crippen molar-refractivity contribution in [2.24, 2.45) is 0 Å². The van der Waals surface area contributed by atoms with Crippen molar-refractivity contribution in [1.29, 1.82) is 0 Å². The molecule has 0 aromatic heterocycles. The van der Waals surface area contributed by atoms with E-state index in [0.29, 0.717) is 6.54 Å². The van der Waals surface area contributed by atoms with Gasteiger partial charge in [0.1, 0.15) is 5.75 Å². The summed E-state index contributed by atoms with van der Waals surface area (Å²) in [5, 5.41) is 6.29. The molecule has 1 aliphatic rings. The topological polar surface area (TPSA) is 50.4 Å². The molecule has 0 saturated heterocycles. The molecule has 4 nitrogen and oxygen atoms in total. The number of benzene rings is 2. The monoisotopic (exact) mass is 296 g/mol. The lowest BCUT2D eigenvalue weighted by molar-refractivity contribution is 0.0966. The van der Waals surface area contributed by atoms with Gasteiger partial charge in [0.25, 0.3) is 5.91 Å². The molecule has 1 atom stereocenters. The number of hydrogen-bond acceptors (Lipinski definition) is 3. The quantitative estimate of drug-likeness (QED) is 0.909. The Kier molecular flexibility index (Phi) is 3.75. The average molecular weight is 296 g/mol. The number of fused-ring (bicyclic) bond motifs is 1. The van der Waals surface area contributed by atoms with Crippen molar-refractivity contribution in [2.45, 2.75) is 26.4 Å². The first-order valence-corrected chi connectivity index (χ1v) is 7.40. The highest BCUT2D eigenvalue weighted by atomic mass is 16.5. The third-order valence-corrected chi connectivity index (χ3v) is 4.03. The first-order valence-electron chi connectivity index (χ1n) is 7.40. The lowest BCUT2D eigenvalue weighted by atomic mass is 10.0. The van der Waals surface area contributed by atoms with Crippen molar-refractivity contribution in [3.05, 3.63) is 58.7 Å². The molecule has 0 radical (unpaired) electrons. The standard InChI is InChI=1S/C18H20N2O2/c1-11-4-7-17(22-3)15(8-11)12(2)20-14-6-5-13-10-19-18(21)16(13)9-14/h4-9,12,20H,10H2,1-3H3,(H,19,21). The summed E-state index contributed by atoms with van der Waals surface area (Å²) >= 11 is 0. The fraction of sp³-hybridized carbons (Fsp3) is 0.278. The summed E-state index contributed by atoms with van der Waals surface area (Å²) in [6.45, 7) is 4.77. The van der Waals surface area contributed by atoms with Crippen LogP contribution in [0.15, 0.2) is 36.4 Å². The first kappa shape index (κ1) is 14.4. The number of rotatable bonds is 4. The molecule has 3 rings (SSSR count). The van der Waals surface area contributed by atoms with Crippen LogP contribution >= 0.6 is 0 Å². The summed E-state index contributed by atoms with van der Waals surface area (Å²) in [4.78, 5) is 11.8. The molecule has 2 aromatic carbocycles. The van der Waals surface area contributed by atoms with Crippen LogP contribution in [0.5, 0.6) is 5.75 Å². The van der Waals surface area contributed by atoms with Gasteiger partial charge in [0.15, 0.2) is 0 Å². The lowest BCUT2D eigenvalue weighted by Crippen LogP contribution is -2.13. The van der Waals surface area contributed by atoms with Gasteiger partial charge in [-0.05, 0) is 37.6 Å². The fourth-order valence-electron chi connectivity index (χ4n) is 2.82. The molecular weight excluding hydrogens is 276 g/mol. The molecule has 114 valence electrons. The van der Waals surface area contributed by atoms with E-state index >= 15 is 0 Å². The van der Waals surface area contributed by atoms with Gasteiger partial charge in [-0.3, -0.25) is 4.79 Å². The van der Waals surface area contributed by atoms with Crippen LogP contribution in [0.4, 0.5) is 5.69 Å². The minimum atomic E-state index is -0.000519. The van der Waals surface area contributed by atoms with Crippen LogP contribution in [0, 0.1) is 6.92 Å². The van der Waals surface area contributed by atoms with E-state index in [1.807, 2.05) is 30.3 Å². The molecule has 0 bridgehead atoms. The number of nitrogens with one attached hydrogen (secondary N) is 2. The molecule has 2 N–H and O–H groups in total. The van der Waals surface area contributed by atoms with Crippen LogP contribution in [0.2, 0.25) is 0 Å². The minimum absolute atomic E-state index is 0.000519. The highest BCUT2D eigenvalue weighted by molar-refractivity contribution is 5.99. The number of anilines is 1. The molecule has 0 spiro atoms. The molecule has 1 unspecified atom stereocenters. The smallest absolute Gasteiger partial charge is 0.251 e.